The molecule has 0 aliphatic carbocycles. The van der Waals surface area contributed by atoms with Crippen LogP contribution in [0.1, 0.15) is 6.92 Å². The Balaban J connectivity index is 2.26. The topological polar surface area (TPSA) is 24.8 Å². The highest BCUT2D eigenvalue weighted by molar-refractivity contribution is 6.30. The van der Waals surface area contributed by atoms with Crippen LogP contribution in [0.2, 0.25) is 5.02 Å². The predicted octanol–water partition coefficient (Wildman–Crippen LogP) is 2.47. The van der Waals surface area contributed by atoms with Crippen LogP contribution in [-0.2, 0) is 4.84 Å². The van der Waals surface area contributed by atoms with E-state index < -0.39 is 0 Å². The molecule has 0 unspecified atom stereocenters. The molecule has 0 spiro atoms. The van der Waals surface area contributed by atoms with Crippen molar-refractivity contribution in [1.29, 1.82) is 0 Å². The predicted molar refractivity (Wildman–Crippen MR) is 53.0 cm³/mol. The number of oxime groups is 1. The number of hydrogen-bond acceptors (Lipinski definition) is 3. The van der Waals surface area contributed by atoms with Gasteiger partial charge in [0.25, 0.3) is 0 Å². The molecule has 0 saturated carbocycles. The van der Waals surface area contributed by atoms with Gasteiger partial charge in [0.15, 0.2) is 6.73 Å². The standard InChI is InChI=1S/C9H9ClN2O/c1-7-11-13-6-12(7)9-4-2-8(10)3-5-9/h2-5H,6H2,1H3. The fraction of sp³-hybridized carbons (Fsp3) is 0.222. The van der Waals surface area contributed by atoms with Gasteiger partial charge >= 0.3 is 0 Å². The Morgan fingerprint density at radius 3 is 2.62 bits per heavy atom. The maximum atomic E-state index is 5.77. The lowest BCUT2D eigenvalue weighted by Gasteiger charge is -2.14. The highest BCUT2D eigenvalue weighted by Crippen LogP contribution is 2.20. The molecule has 13 heavy (non-hydrogen) atoms. The molecule has 0 saturated heterocycles. The zero-order chi connectivity index (χ0) is 9.26. The maximum Gasteiger partial charge on any atom is 0.195 e. The van der Waals surface area contributed by atoms with Gasteiger partial charge in [0, 0.05) is 10.7 Å². The summed E-state index contributed by atoms with van der Waals surface area (Å²) in [6.45, 7) is 2.38. The molecule has 0 bridgehead atoms. The summed E-state index contributed by atoms with van der Waals surface area (Å²) in [6, 6.07) is 7.58. The van der Waals surface area contributed by atoms with Gasteiger partial charge in [-0.25, -0.2) is 0 Å². The largest absolute Gasteiger partial charge is 0.372 e. The van der Waals surface area contributed by atoms with Crippen LogP contribution in [0, 0.1) is 0 Å². The smallest absolute Gasteiger partial charge is 0.195 e. The summed E-state index contributed by atoms with van der Waals surface area (Å²) < 4.78 is 0. The summed E-state index contributed by atoms with van der Waals surface area (Å²) >= 11 is 5.77. The number of nitrogens with zero attached hydrogens (tertiary/aromatic N) is 2. The van der Waals surface area contributed by atoms with E-state index in [0.29, 0.717) is 6.73 Å². The molecule has 0 N–H and O–H groups in total. The average Bonchev–Trinajstić information content (AvgIpc) is 2.53. The molecule has 1 aromatic carbocycles. The van der Waals surface area contributed by atoms with Gasteiger partial charge in [-0.1, -0.05) is 16.8 Å². The molecule has 0 fully saturated rings. The third-order valence-corrected chi connectivity index (χ3v) is 2.16. The molecular weight excluding hydrogens is 188 g/mol. The van der Waals surface area contributed by atoms with Gasteiger partial charge in [0.2, 0.25) is 0 Å². The van der Waals surface area contributed by atoms with Crippen LogP contribution in [0.4, 0.5) is 5.69 Å². The summed E-state index contributed by atoms with van der Waals surface area (Å²) in [7, 11) is 0. The lowest BCUT2D eigenvalue weighted by atomic mass is 10.3. The Labute approximate surface area is 81.5 Å². The first-order valence-corrected chi connectivity index (χ1v) is 4.35. The van der Waals surface area contributed by atoms with Crippen molar-refractivity contribution in [3.8, 4) is 0 Å². The van der Waals surface area contributed by atoms with E-state index in [1.807, 2.05) is 36.1 Å². The minimum atomic E-state index is 0.480. The van der Waals surface area contributed by atoms with E-state index >= 15 is 0 Å². The lowest BCUT2D eigenvalue weighted by molar-refractivity contribution is 0.174. The fourth-order valence-electron chi connectivity index (χ4n) is 1.21. The maximum absolute atomic E-state index is 5.77. The molecule has 0 amide bonds. The van der Waals surface area contributed by atoms with Crippen molar-refractivity contribution in [3.05, 3.63) is 29.3 Å². The Kier molecular flexibility index (Phi) is 2.10. The first-order valence-electron chi connectivity index (χ1n) is 3.97. The Bertz CT molecular complexity index is 334. The van der Waals surface area contributed by atoms with Crippen molar-refractivity contribution >= 4 is 23.1 Å². The third-order valence-electron chi connectivity index (χ3n) is 1.91. The zero-order valence-electron chi connectivity index (χ0n) is 7.20. The fourth-order valence-corrected chi connectivity index (χ4v) is 1.33. The van der Waals surface area contributed by atoms with Gasteiger partial charge in [-0.05, 0) is 31.2 Å². The number of hydrogen-bond donors (Lipinski definition) is 0. The van der Waals surface area contributed by atoms with Crippen molar-refractivity contribution in [1.82, 2.24) is 0 Å². The first kappa shape index (κ1) is 8.38. The molecule has 3 nitrogen and oxygen atoms in total. The Hall–Kier alpha value is -1.22. The molecule has 1 aromatic rings. The van der Waals surface area contributed by atoms with Gasteiger partial charge in [-0.3, -0.25) is 4.90 Å². The molecule has 0 radical (unpaired) electrons. The summed E-state index contributed by atoms with van der Waals surface area (Å²) in [6.07, 6.45) is 0. The highest BCUT2D eigenvalue weighted by Gasteiger charge is 2.15. The Morgan fingerprint density at radius 2 is 2.08 bits per heavy atom. The summed E-state index contributed by atoms with van der Waals surface area (Å²) in [5.74, 6) is 0.863. The van der Waals surface area contributed by atoms with E-state index in [9.17, 15) is 0 Å². The summed E-state index contributed by atoms with van der Waals surface area (Å²) in [4.78, 5) is 6.90. The minimum absolute atomic E-state index is 0.480. The van der Waals surface area contributed by atoms with Crippen molar-refractivity contribution in [3.63, 3.8) is 0 Å². The van der Waals surface area contributed by atoms with Crippen LogP contribution in [0.15, 0.2) is 29.4 Å². The van der Waals surface area contributed by atoms with Crippen LogP contribution in [0.25, 0.3) is 0 Å². The van der Waals surface area contributed by atoms with E-state index in [2.05, 4.69) is 5.16 Å². The second-order valence-electron chi connectivity index (χ2n) is 2.80. The van der Waals surface area contributed by atoms with E-state index in [-0.39, 0.29) is 0 Å². The summed E-state index contributed by atoms with van der Waals surface area (Å²) in [5, 5.41) is 4.56. The van der Waals surface area contributed by atoms with E-state index in [0.717, 1.165) is 16.5 Å². The first-order chi connectivity index (χ1) is 6.27. The number of benzene rings is 1. The zero-order valence-corrected chi connectivity index (χ0v) is 7.95. The van der Waals surface area contributed by atoms with Crippen molar-refractivity contribution < 1.29 is 4.84 Å². The van der Waals surface area contributed by atoms with Crippen molar-refractivity contribution in [2.75, 3.05) is 11.6 Å². The molecule has 68 valence electrons. The minimum Gasteiger partial charge on any atom is -0.372 e. The quantitative estimate of drug-likeness (QED) is 0.690. The molecule has 4 heteroatoms. The van der Waals surface area contributed by atoms with E-state index in [1.54, 1.807) is 0 Å². The van der Waals surface area contributed by atoms with Crippen LogP contribution in [0.3, 0.4) is 0 Å². The molecule has 1 heterocycles. The second-order valence-corrected chi connectivity index (χ2v) is 3.24. The molecule has 1 aliphatic rings. The number of rotatable bonds is 1. The van der Waals surface area contributed by atoms with Gasteiger partial charge in [0.05, 0.1) is 0 Å². The van der Waals surface area contributed by atoms with Crippen molar-refractivity contribution in [2.45, 2.75) is 6.92 Å². The average molecular weight is 197 g/mol. The number of amidine groups is 1. The second kappa shape index (κ2) is 3.26. The van der Waals surface area contributed by atoms with Gasteiger partial charge in [-0.2, -0.15) is 0 Å². The molecule has 1 aliphatic heterocycles. The van der Waals surface area contributed by atoms with Crippen LogP contribution >= 0.6 is 11.6 Å². The number of halogens is 1. The third kappa shape index (κ3) is 1.60. The normalized spacial score (nSPS) is 15.5. The van der Waals surface area contributed by atoms with E-state index in [1.165, 1.54) is 0 Å². The van der Waals surface area contributed by atoms with Gasteiger partial charge in [-0.15, -0.1) is 0 Å². The van der Waals surface area contributed by atoms with Crippen LogP contribution in [0.5, 0.6) is 0 Å². The van der Waals surface area contributed by atoms with Gasteiger partial charge in [0.1, 0.15) is 5.84 Å². The van der Waals surface area contributed by atoms with Crippen LogP contribution in [-0.4, -0.2) is 12.6 Å². The molecule has 0 aromatic heterocycles. The SMILES string of the molecule is CC1=NOCN1c1ccc(Cl)cc1. The molecular formula is C9H9ClN2O. The molecule has 0 atom stereocenters. The van der Waals surface area contributed by atoms with E-state index in [4.69, 9.17) is 16.4 Å². The molecule has 2 rings (SSSR count). The number of anilines is 1. The van der Waals surface area contributed by atoms with Crippen molar-refractivity contribution in [2.24, 2.45) is 5.16 Å². The Morgan fingerprint density at radius 1 is 1.38 bits per heavy atom. The lowest BCUT2D eigenvalue weighted by Crippen LogP contribution is -2.24. The van der Waals surface area contributed by atoms with Gasteiger partial charge < -0.3 is 4.84 Å². The summed E-state index contributed by atoms with van der Waals surface area (Å²) in [5.41, 5.74) is 1.04. The highest BCUT2D eigenvalue weighted by atomic mass is 35.5. The van der Waals surface area contributed by atoms with Crippen LogP contribution < -0.4 is 4.90 Å². The monoisotopic (exact) mass is 196 g/mol.